The van der Waals surface area contributed by atoms with Crippen molar-refractivity contribution in [3.05, 3.63) is 28.7 Å². The Morgan fingerprint density at radius 3 is 2.70 bits per heavy atom. The van der Waals surface area contributed by atoms with Crippen molar-refractivity contribution in [2.24, 2.45) is 5.92 Å². The third-order valence-corrected chi connectivity index (χ3v) is 3.45. The van der Waals surface area contributed by atoms with Gasteiger partial charge in [-0.15, -0.1) is 0 Å². The van der Waals surface area contributed by atoms with E-state index in [1.807, 2.05) is 13.0 Å². The highest BCUT2D eigenvalue weighted by Crippen LogP contribution is 2.17. The lowest BCUT2D eigenvalue weighted by molar-refractivity contribution is -0.143. The third-order valence-electron chi connectivity index (χ3n) is 2.96. The van der Waals surface area contributed by atoms with Gasteiger partial charge in [0.05, 0.1) is 0 Å². The number of carboxylic acids is 1. The lowest BCUT2D eigenvalue weighted by atomic mass is 9.99. The molecule has 1 amide bonds. The summed E-state index contributed by atoms with van der Waals surface area (Å²) >= 11 is 3.30. The molecule has 0 saturated carbocycles. The zero-order valence-electron chi connectivity index (χ0n) is 11.4. The number of hydrogen-bond acceptors (Lipinski definition) is 3. The number of carbonyl (C=O) groups is 2. The maximum Gasteiger partial charge on any atom is 0.326 e. The number of nitrogens with one attached hydrogen (secondary N) is 1. The number of halogens is 1. The highest BCUT2D eigenvalue weighted by atomic mass is 79.9. The van der Waals surface area contributed by atoms with Crippen molar-refractivity contribution in [1.29, 1.82) is 0 Å². The van der Waals surface area contributed by atoms with E-state index in [1.54, 1.807) is 25.1 Å². The molecule has 6 heteroatoms. The van der Waals surface area contributed by atoms with Gasteiger partial charge in [0.15, 0.2) is 6.61 Å². The third kappa shape index (κ3) is 5.21. The van der Waals surface area contributed by atoms with E-state index in [4.69, 9.17) is 9.84 Å². The Hall–Kier alpha value is -1.56. The molecule has 5 nitrogen and oxygen atoms in total. The van der Waals surface area contributed by atoms with Crippen LogP contribution in [0.15, 0.2) is 28.7 Å². The smallest absolute Gasteiger partial charge is 0.326 e. The number of hydrogen-bond donors (Lipinski definition) is 2. The maximum atomic E-state index is 11.7. The molecule has 20 heavy (non-hydrogen) atoms. The summed E-state index contributed by atoms with van der Waals surface area (Å²) in [5.41, 5.74) is 0. The molecule has 0 aliphatic rings. The fraction of sp³-hybridized carbons (Fsp3) is 0.429. The van der Waals surface area contributed by atoms with Gasteiger partial charge in [-0.1, -0.05) is 42.3 Å². The molecule has 2 N–H and O–H groups in total. The van der Waals surface area contributed by atoms with Gasteiger partial charge in [0, 0.05) is 4.47 Å². The number of amides is 1. The minimum absolute atomic E-state index is 0.137. The van der Waals surface area contributed by atoms with Gasteiger partial charge in [-0.25, -0.2) is 4.79 Å². The van der Waals surface area contributed by atoms with Gasteiger partial charge in [0.25, 0.3) is 5.91 Å². The van der Waals surface area contributed by atoms with E-state index in [2.05, 4.69) is 21.2 Å². The standard InChI is InChI=1S/C14H18BrNO4/c1-3-9(2)13(14(18)19)16-12(17)8-20-11-6-4-5-10(15)7-11/h4-7,9,13H,3,8H2,1-2H3,(H,16,17)(H,18,19)/t9?,13-/m0/s1. The van der Waals surface area contributed by atoms with E-state index in [9.17, 15) is 9.59 Å². The molecule has 0 heterocycles. The van der Waals surface area contributed by atoms with Crippen LogP contribution in [0.4, 0.5) is 0 Å². The van der Waals surface area contributed by atoms with Crippen molar-refractivity contribution in [3.63, 3.8) is 0 Å². The summed E-state index contributed by atoms with van der Waals surface area (Å²) in [6.45, 7) is 3.45. The maximum absolute atomic E-state index is 11.7. The molecule has 0 fully saturated rings. The Kier molecular flexibility index (Phi) is 6.51. The minimum atomic E-state index is -1.03. The van der Waals surface area contributed by atoms with Gasteiger partial charge in [0.2, 0.25) is 0 Å². The van der Waals surface area contributed by atoms with Gasteiger partial charge in [-0.2, -0.15) is 0 Å². The molecule has 1 aromatic carbocycles. The number of benzene rings is 1. The van der Waals surface area contributed by atoms with Crippen molar-refractivity contribution in [1.82, 2.24) is 5.32 Å². The van der Waals surface area contributed by atoms with E-state index in [-0.39, 0.29) is 12.5 Å². The fourth-order valence-corrected chi connectivity index (χ4v) is 1.98. The number of carboxylic acid groups (broad SMARTS) is 1. The van der Waals surface area contributed by atoms with E-state index in [1.165, 1.54) is 0 Å². The SMILES string of the molecule is CCC(C)[C@H](NC(=O)COc1cccc(Br)c1)C(=O)O. The average molecular weight is 344 g/mol. The highest BCUT2D eigenvalue weighted by Gasteiger charge is 2.25. The van der Waals surface area contributed by atoms with E-state index in [0.29, 0.717) is 12.2 Å². The molecule has 0 saturated heterocycles. The second-order valence-corrected chi connectivity index (χ2v) is 5.43. The summed E-state index contributed by atoms with van der Waals surface area (Å²) in [4.78, 5) is 22.8. The number of ether oxygens (including phenoxy) is 1. The quantitative estimate of drug-likeness (QED) is 0.797. The van der Waals surface area contributed by atoms with Crippen LogP contribution in [0.5, 0.6) is 5.75 Å². The minimum Gasteiger partial charge on any atom is -0.484 e. The summed E-state index contributed by atoms with van der Waals surface area (Å²) in [5.74, 6) is -1.07. The molecule has 0 aliphatic heterocycles. The Morgan fingerprint density at radius 1 is 1.45 bits per heavy atom. The fourth-order valence-electron chi connectivity index (χ4n) is 1.60. The second kappa shape index (κ2) is 7.89. The summed E-state index contributed by atoms with van der Waals surface area (Å²) in [6.07, 6.45) is 0.670. The van der Waals surface area contributed by atoms with E-state index >= 15 is 0 Å². The van der Waals surface area contributed by atoms with Crippen LogP contribution in [0.3, 0.4) is 0 Å². The van der Waals surface area contributed by atoms with Gasteiger partial charge in [-0.05, 0) is 24.1 Å². The Morgan fingerprint density at radius 2 is 2.15 bits per heavy atom. The van der Waals surface area contributed by atoms with Crippen LogP contribution in [0.2, 0.25) is 0 Å². The molecule has 0 bridgehead atoms. The summed E-state index contributed by atoms with van der Waals surface area (Å²) in [5, 5.41) is 11.6. The molecule has 0 aliphatic carbocycles. The first-order valence-electron chi connectivity index (χ1n) is 6.34. The predicted molar refractivity (Wildman–Crippen MR) is 78.7 cm³/mol. The Labute approximate surface area is 126 Å². The Bertz CT molecular complexity index is 478. The lowest BCUT2D eigenvalue weighted by Crippen LogP contribution is -2.46. The molecule has 1 rings (SSSR count). The van der Waals surface area contributed by atoms with Crippen molar-refractivity contribution >= 4 is 27.8 Å². The van der Waals surface area contributed by atoms with Crippen LogP contribution in [-0.4, -0.2) is 29.6 Å². The molecule has 0 aromatic heterocycles. The van der Waals surface area contributed by atoms with Crippen molar-refractivity contribution in [2.75, 3.05) is 6.61 Å². The zero-order valence-corrected chi connectivity index (χ0v) is 13.0. The monoisotopic (exact) mass is 343 g/mol. The first-order chi connectivity index (χ1) is 9.43. The van der Waals surface area contributed by atoms with Crippen molar-refractivity contribution in [2.45, 2.75) is 26.3 Å². The second-order valence-electron chi connectivity index (χ2n) is 4.52. The van der Waals surface area contributed by atoms with Gasteiger partial charge in [0.1, 0.15) is 11.8 Å². The van der Waals surface area contributed by atoms with Crippen molar-refractivity contribution in [3.8, 4) is 5.75 Å². The topological polar surface area (TPSA) is 75.6 Å². The van der Waals surface area contributed by atoms with E-state index < -0.39 is 17.9 Å². The van der Waals surface area contributed by atoms with Gasteiger partial charge in [-0.3, -0.25) is 4.79 Å². The van der Waals surface area contributed by atoms with Crippen LogP contribution in [-0.2, 0) is 9.59 Å². The van der Waals surface area contributed by atoms with Gasteiger partial charge >= 0.3 is 5.97 Å². The molecule has 110 valence electrons. The van der Waals surface area contributed by atoms with Crippen LogP contribution in [0.1, 0.15) is 20.3 Å². The van der Waals surface area contributed by atoms with Crippen LogP contribution < -0.4 is 10.1 Å². The summed E-state index contributed by atoms with van der Waals surface area (Å²) < 4.78 is 6.15. The van der Waals surface area contributed by atoms with Crippen LogP contribution in [0.25, 0.3) is 0 Å². The van der Waals surface area contributed by atoms with E-state index in [0.717, 1.165) is 4.47 Å². The predicted octanol–water partition coefficient (Wildman–Crippen LogP) is 2.44. The summed E-state index contributed by atoms with van der Waals surface area (Å²) in [7, 11) is 0. The molecule has 1 aromatic rings. The molecule has 2 atom stereocenters. The molecule has 0 spiro atoms. The molecular formula is C14H18BrNO4. The molecule has 0 radical (unpaired) electrons. The molecule has 1 unspecified atom stereocenters. The van der Waals surface area contributed by atoms with Crippen molar-refractivity contribution < 1.29 is 19.4 Å². The van der Waals surface area contributed by atoms with Gasteiger partial charge < -0.3 is 15.2 Å². The molecular weight excluding hydrogens is 326 g/mol. The van der Waals surface area contributed by atoms with Crippen LogP contribution >= 0.6 is 15.9 Å². The lowest BCUT2D eigenvalue weighted by Gasteiger charge is -2.20. The summed E-state index contributed by atoms with van der Waals surface area (Å²) in [6, 6.07) is 6.20. The van der Waals surface area contributed by atoms with Crippen LogP contribution in [0, 0.1) is 5.92 Å². The first-order valence-corrected chi connectivity index (χ1v) is 7.13. The normalized spacial score (nSPS) is 13.3. The number of carbonyl (C=O) groups excluding carboxylic acids is 1. The number of aliphatic carboxylic acids is 1. The first kappa shape index (κ1) is 16.5. The largest absolute Gasteiger partial charge is 0.484 e. The Balaban J connectivity index is 2.52. The highest BCUT2D eigenvalue weighted by molar-refractivity contribution is 9.10. The zero-order chi connectivity index (χ0) is 15.1. The number of rotatable bonds is 7. The average Bonchev–Trinajstić information content (AvgIpc) is 2.41.